The number of nitro groups is 1. The molecule has 0 heterocycles. The van der Waals surface area contributed by atoms with Gasteiger partial charge in [-0.3, -0.25) is 10.1 Å². The van der Waals surface area contributed by atoms with Gasteiger partial charge in [-0.2, -0.15) is 0 Å². The first-order valence-corrected chi connectivity index (χ1v) is 6.89. The lowest BCUT2D eigenvalue weighted by molar-refractivity contribution is -0.385. The number of rotatable bonds is 8. The zero-order chi connectivity index (χ0) is 15.1. The van der Waals surface area contributed by atoms with E-state index in [1.807, 2.05) is 6.92 Å². The zero-order valence-electron chi connectivity index (χ0n) is 11.8. The van der Waals surface area contributed by atoms with Crippen molar-refractivity contribution in [2.75, 3.05) is 5.32 Å². The molecule has 6 heteroatoms. The van der Waals surface area contributed by atoms with Crippen molar-refractivity contribution < 1.29 is 13.7 Å². The van der Waals surface area contributed by atoms with Crippen molar-refractivity contribution in [3.05, 3.63) is 33.9 Å². The fraction of sp³-hybridized carbons (Fsp3) is 0.571. The van der Waals surface area contributed by atoms with Crippen LogP contribution in [0.2, 0.25) is 0 Å². The van der Waals surface area contributed by atoms with Crippen LogP contribution in [-0.4, -0.2) is 11.0 Å². The minimum Gasteiger partial charge on any atom is -0.378 e. The molecule has 0 fully saturated rings. The van der Waals surface area contributed by atoms with Gasteiger partial charge in [0.05, 0.1) is 17.1 Å². The topological polar surface area (TPSA) is 55.2 Å². The fourth-order valence-electron chi connectivity index (χ4n) is 2.09. The first-order valence-electron chi connectivity index (χ1n) is 6.89. The quantitative estimate of drug-likeness (QED) is 0.559. The van der Waals surface area contributed by atoms with Crippen LogP contribution in [0.15, 0.2) is 12.1 Å². The first-order chi connectivity index (χ1) is 9.49. The van der Waals surface area contributed by atoms with E-state index in [0.29, 0.717) is 0 Å². The van der Waals surface area contributed by atoms with Crippen LogP contribution < -0.4 is 5.32 Å². The number of nitrogens with zero attached hydrogens (tertiary/aromatic N) is 1. The predicted molar refractivity (Wildman–Crippen MR) is 74.9 cm³/mol. The molecule has 0 radical (unpaired) electrons. The molecule has 0 saturated carbocycles. The zero-order valence-corrected chi connectivity index (χ0v) is 11.8. The van der Waals surface area contributed by atoms with Gasteiger partial charge in [0.2, 0.25) is 0 Å². The van der Waals surface area contributed by atoms with Gasteiger partial charge in [0.25, 0.3) is 5.69 Å². The SMILES string of the molecule is CCCCC(CCC)Nc1c(F)cc([N+](=O)[O-])cc1F. The van der Waals surface area contributed by atoms with E-state index in [2.05, 4.69) is 12.2 Å². The van der Waals surface area contributed by atoms with Crippen LogP contribution in [0.3, 0.4) is 0 Å². The van der Waals surface area contributed by atoms with E-state index in [1.54, 1.807) is 0 Å². The number of hydrogen-bond donors (Lipinski definition) is 1. The smallest absolute Gasteiger partial charge is 0.275 e. The summed E-state index contributed by atoms with van der Waals surface area (Å²) in [5.41, 5.74) is -0.851. The van der Waals surface area contributed by atoms with Crippen molar-refractivity contribution >= 4 is 11.4 Å². The average Bonchev–Trinajstić information content (AvgIpc) is 2.39. The summed E-state index contributed by atoms with van der Waals surface area (Å²) in [6, 6.07) is 1.47. The Kier molecular flexibility index (Phi) is 6.35. The molecule has 1 aromatic rings. The number of anilines is 1. The maximum absolute atomic E-state index is 13.8. The second kappa shape index (κ2) is 7.77. The Morgan fingerprint density at radius 2 is 1.80 bits per heavy atom. The molecule has 0 aliphatic heterocycles. The van der Waals surface area contributed by atoms with E-state index in [4.69, 9.17) is 0 Å². The minimum atomic E-state index is -0.922. The first kappa shape index (κ1) is 16.3. The third kappa shape index (κ3) is 4.43. The molecule has 20 heavy (non-hydrogen) atoms. The summed E-state index contributed by atoms with van der Waals surface area (Å²) in [6.07, 6.45) is 4.49. The van der Waals surface area contributed by atoms with Gasteiger partial charge in [-0.05, 0) is 12.8 Å². The third-order valence-corrected chi connectivity index (χ3v) is 3.13. The third-order valence-electron chi connectivity index (χ3n) is 3.13. The Morgan fingerprint density at radius 1 is 1.20 bits per heavy atom. The Bertz CT molecular complexity index is 443. The lowest BCUT2D eigenvalue weighted by Crippen LogP contribution is -2.21. The van der Waals surface area contributed by atoms with Crippen molar-refractivity contribution in [2.45, 2.75) is 52.0 Å². The Labute approximate surface area is 117 Å². The summed E-state index contributed by atoms with van der Waals surface area (Å²) in [5, 5.41) is 13.4. The molecule has 0 aromatic heterocycles. The van der Waals surface area contributed by atoms with Gasteiger partial charge in [-0.1, -0.05) is 33.1 Å². The fourth-order valence-corrected chi connectivity index (χ4v) is 2.09. The van der Waals surface area contributed by atoms with Crippen molar-refractivity contribution in [2.24, 2.45) is 0 Å². The molecule has 0 saturated heterocycles. The highest BCUT2D eigenvalue weighted by molar-refractivity contribution is 5.52. The molecule has 1 rings (SSSR count). The van der Waals surface area contributed by atoms with Gasteiger partial charge in [0.1, 0.15) is 5.69 Å². The van der Waals surface area contributed by atoms with Crippen LogP contribution in [0.5, 0.6) is 0 Å². The molecule has 0 aliphatic carbocycles. The molecular formula is C14H20F2N2O2. The molecule has 4 nitrogen and oxygen atoms in total. The molecule has 1 atom stereocenters. The van der Waals surface area contributed by atoms with Gasteiger partial charge in [0.15, 0.2) is 11.6 Å². The largest absolute Gasteiger partial charge is 0.378 e. The van der Waals surface area contributed by atoms with Crippen LogP contribution in [0, 0.1) is 21.7 Å². The van der Waals surface area contributed by atoms with E-state index in [1.165, 1.54) is 0 Å². The van der Waals surface area contributed by atoms with Crippen molar-refractivity contribution in [1.82, 2.24) is 0 Å². The van der Waals surface area contributed by atoms with Crippen molar-refractivity contribution in [3.63, 3.8) is 0 Å². The summed E-state index contributed by atoms with van der Waals surface area (Å²) in [4.78, 5) is 9.73. The van der Waals surface area contributed by atoms with E-state index in [0.717, 1.165) is 44.2 Å². The molecule has 1 N–H and O–H groups in total. The second-order valence-corrected chi connectivity index (χ2v) is 4.81. The minimum absolute atomic E-state index is 0.0228. The van der Waals surface area contributed by atoms with E-state index in [9.17, 15) is 18.9 Å². The van der Waals surface area contributed by atoms with Gasteiger partial charge in [-0.25, -0.2) is 8.78 Å². The summed E-state index contributed by atoms with van der Waals surface area (Å²) < 4.78 is 27.6. The molecule has 0 aliphatic rings. The highest BCUT2D eigenvalue weighted by Crippen LogP contribution is 2.26. The van der Waals surface area contributed by atoms with Crippen LogP contribution in [-0.2, 0) is 0 Å². The number of nitro benzene ring substituents is 1. The number of halogens is 2. The molecule has 112 valence electrons. The van der Waals surface area contributed by atoms with Crippen molar-refractivity contribution in [3.8, 4) is 0 Å². The average molecular weight is 286 g/mol. The number of hydrogen-bond acceptors (Lipinski definition) is 3. The summed E-state index contributed by atoms with van der Waals surface area (Å²) in [6.45, 7) is 4.05. The van der Waals surface area contributed by atoms with Gasteiger partial charge >= 0.3 is 0 Å². The lowest BCUT2D eigenvalue weighted by atomic mass is 10.0. The molecule has 0 bridgehead atoms. The van der Waals surface area contributed by atoms with E-state index >= 15 is 0 Å². The second-order valence-electron chi connectivity index (χ2n) is 4.81. The van der Waals surface area contributed by atoms with E-state index in [-0.39, 0.29) is 11.7 Å². The summed E-state index contributed by atoms with van der Waals surface area (Å²) in [5.74, 6) is -1.84. The molecule has 0 amide bonds. The lowest BCUT2D eigenvalue weighted by Gasteiger charge is -2.20. The van der Waals surface area contributed by atoms with Gasteiger partial charge < -0.3 is 5.32 Å². The number of nitrogens with one attached hydrogen (secondary N) is 1. The van der Waals surface area contributed by atoms with Crippen LogP contribution in [0.25, 0.3) is 0 Å². The Hall–Kier alpha value is -1.72. The monoisotopic (exact) mass is 286 g/mol. The standard InChI is InChI=1S/C14H20F2N2O2/c1-3-5-7-10(6-4-2)17-14-12(15)8-11(18(19)20)9-13(14)16/h8-10,17H,3-7H2,1-2H3. The van der Waals surface area contributed by atoms with Crippen LogP contribution in [0.1, 0.15) is 46.0 Å². The molecular weight excluding hydrogens is 266 g/mol. The van der Waals surface area contributed by atoms with E-state index < -0.39 is 22.2 Å². The van der Waals surface area contributed by atoms with Gasteiger partial charge in [0, 0.05) is 6.04 Å². The Morgan fingerprint density at radius 3 is 2.25 bits per heavy atom. The molecule has 1 unspecified atom stereocenters. The van der Waals surface area contributed by atoms with Crippen LogP contribution >= 0.6 is 0 Å². The van der Waals surface area contributed by atoms with Crippen molar-refractivity contribution in [1.29, 1.82) is 0 Å². The Balaban J connectivity index is 2.91. The van der Waals surface area contributed by atoms with Gasteiger partial charge in [-0.15, -0.1) is 0 Å². The molecule has 1 aromatic carbocycles. The highest BCUT2D eigenvalue weighted by Gasteiger charge is 2.19. The summed E-state index contributed by atoms with van der Waals surface area (Å²) in [7, 11) is 0. The maximum Gasteiger partial charge on any atom is 0.275 e. The summed E-state index contributed by atoms with van der Waals surface area (Å²) >= 11 is 0. The molecule has 0 spiro atoms. The highest BCUT2D eigenvalue weighted by atomic mass is 19.1. The number of benzene rings is 1. The number of unbranched alkanes of at least 4 members (excludes halogenated alkanes) is 1. The van der Waals surface area contributed by atoms with Crippen LogP contribution in [0.4, 0.5) is 20.2 Å². The predicted octanol–water partition coefficient (Wildman–Crippen LogP) is 4.64. The number of non-ortho nitro benzene ring substituents is 1. The maximum atomic E-state index is 13.8. The normalized spacial score (nSPS) is 12.2.